The molecule has 0 aliphatic carbocycles. The number of ether oxygens (including phenoxy) is 2. The summed E-state index contributed by atoms with van der Waals surface area (Å²) in [6.45, 7) is 1.78. The number of nitriles is 1. The Bertz CT molecular complexity index is 784. The molecule has 118 valence electrons. The molecule has 0 radical (unpaired) electrons. The molecule has 6 nitrogen and oxygen atoms in total. The first kappa shape index (κ1) is 16.2. The second kappa shape index (κ2) is 7.18. The normalized spacial score (nSPS) is 10.8. The number of methoxy groups -OCH3 is 2. The van der Waals surface area contributed by atoms with Crippen LogP contribution in [0.4, 0.5) is 5.69 Å². The van der Waals surface area contributed by atoms with Crippen molar-refractivity contribution in [3.8, 4) is 17.6 Å². The molecule has 0 spiro atoms. The summed E-state index contributed by atoms with van der Waals surface area (Å²) in [5, 5.41) is 11.8. The standard InChI is InChI=1S/C17H16N2O4/c1-11-4-5-14(23-11)8-12(10-18)17(20)19-15-9-13(21-2)6-7-16(15)22-3/h4-9H,1-3H3,(H,19,20). The monoisotopic (exact) mass is 312 g/mol. The zero-order chi connectivity index (χ0) is 16.8. The van der Waals surface area contributed by atoms with Gasteiger partial charge in [0.1, 0.15) is 34.7 Å². The first-order chi connectivity index (χ1) is 11.1. The molecular formula is C17H16N2O4. The first-order valence-electron chi connectivity index (χ1n) is 6.79. The molecule has 2 rings (SSSR count). The average molecular weight is 312 g/mol. The van der Waals surface area contributed by atoms with Crippen LogP contribution in [0.2, 0.25) is 0 Å². The quantitative estimate of drug-likeness (QED) is 0.677. The van der Waals surface area contributed by atoms with E-state index in [2.05, 4.69) is 5.32 Å². The molecule has 0 saturated carbocycles. The van der Waals surface area contributed by atoms with Crippen LogP contribution in [-0.4, -0.2) is 20.1 Å². The van der Waals surface area contributed by atoms with Gasteiger partial charge in [-0.3, -0.25) is 4.79 Å². The molecular weight excluding hydrogens is 296 g/mol. The Morgan fingerprint density at radius 3 is 2.61 bits per heavy atom. The van der Waals surface area contributed by atoms with Crippen LogP contribution < -0.4 is 14.8 Å². The molecule has 0 fully saturated rings. The van der Waals surface area contributed by atoms with Gasteiger partial charge in [0, 0.05) is 12.1 Å². The molecule has 6 heteroatoms. The van der Waals surface area contributed by atoms with E-state index in [-0.39, 0.29) is 5.57 Å². The van der Waals surface area contributed by atoms with Gasteiger partial charge in [0.15, 0.2) is 0 Å². The Morgan fingerprint density at radius 1 is 1.26 bits per heavy atom. The lowest BCUT2D eigenvalue weighted by Gasteiger charge is -2.11. The molecule has 0 aliphatic rings. The van der Waals surface area contributed by atoms with Crippen molar-refractivity contribution in [1.82, 2.24) is 0 Å². The van der Waals surface area contributed by atoms with Gasteiger partial charge in [-0.25, -0.2) is 0 Å². The minimum absolute atomic E-state index is 0.0794. The molecule has 1 aromatic carbocycles. The van der Waals surface area contributed by atoms with Crippen molar-refractivity contribution in [3.63, 3.8) is 0 Å². The Morgan fingerprint density at radius 2 is 2.04 bits per heavy atom. The molecule has 1 N–H and O–H groups in total. The van der Waals surface area contributed by atoms with Gasteiger partial charge in [0.2, 0.25) is 0 Å². The summed E-state index contributed by atoms with van der Waals surface area (Å²) < 4.78 is 15.7. The maximum Gasteiger partial charge on any atom is 0.266 e. The van der Waals surface area contributed by atoms with Crippen LogP contribution in [0, 0.1) is 18.3 Å². The molecule has 1 amide bonds. The van der Waals surface area contributed by atoms with Crippen molar-refractivity contribution in [2.75, 3.05) is 19.5 Å². The van der Waals surface area contributed by atoms with E-state index in [1.165, 1.54) is 20.3 Å². The van der Waals surface area contributed by atoms with Crippen molar-refractivity contribution in [3.05, 3.63) is 47.4 Å². The fraction of sp³-hybridized carbons (Fsp3) is 0.176. The number of hydrogen-bond acceptors (Lipinski definition) is 5. The van der Waals surface area contributed by atoms with E-state index in [0.717, 1.165) is 0 Å². The van der Waals surface area contributed by atoms with Crippen LogP contribution in [0.15, 0.2) is 40.3 Å². The van der Waals surface area contributed by atoms with Gasteiger partial charge in [-0.15, -0.1) is 0 Å². The highest BCUT2D eigenvalue weighted by molar-refractivity contribution is 6.10. The van der Waals surface area contributed by atoms with E-state index in [9.17, 15) is 10.1 Å². The zero-order valence-corrected chi connectivity index (χ0v) is 13.0. The Balaban J connectivity index is 2.26. The fourth-order valence-corrected chi connectivity index (χ4v) is 1.92. The van der Waals surface area contributed by atoms with Gasteiger partial charge in [-0.05, 0) is 31.2 Å². The van der Waals surface area contributed by atoms with Gasteiger partial charge in [0.05, 0.1) is 19.9 Å². The molecule has 0 aliphatic heterocycles. The highest BCUT2D eigenvalue weighted by atomic mass is 16.5. The number of anilines is 1. The Hall–Kier alpha value is -3.20. The molecule has 0 unspecified atom stereocenters. The third-order valence-corrected chi connectivity index (χ3v) is 3.07. The van der Waals surface area contributed by atoms with Gasteiger partial charge in [-0.1, -0.05) is 0 Å². The predicted octanol–water partition coefficient (Wildman–Crippen LogP) is 3.15. The number of rotatable bonds is 5. The van der Waals surface area contributed by atoms with Crippen LogP contribution in [0.1, 0.15) is 11.5 Å². The Labute approximate surface area is 133 Å². The largest absolute Gasteiger partial charge is 0.497 e. The summed E-state index contributed by atoms with van der Waals surface area (Å²) in [6.07, 6.45) is 1.38. The lowest BCUT2D eigenvalue weighted by atomic mass is 10.2. The number of nitrogens with zero attached hydrogens (tertiary/aromatic N) is 1. The van der Waals surface area contributed by atoms with Gasteiger partial charge < -0.3 is 19.2 Å². The molecule has 2 aromatic rings. The summed E-state index contributed by atoms with van der Waals surface area (Å²) in [7, 11) is 3.01. The van der Waals surface area contributed by atoms with Gasteiger partial charge in [0.25, 0.3) is 5.91 Å². The summed E-state index contributed by atoms with van der Waals surface area (Å²) in [5.74, 6) is 1.60. The van der Waals surface area contributed by atoms with Crippen molar-refractivity contribution in [2.24, 2.45) is 0 Å². The molecule has 0 atom stereocenters. The number of carbonyl (C=O) groups excluding carboxylic acids is 1. The minimum atomic E-state index is -0.562. The lowest BCUT2D eigenvalue weighted by molar-refractivity contribution is -0.112. The van der Waals surface area contributed by atoms with E-state index in [0.29, 0.717) is 28.7 Å². The van der Waals surface area contributed by atoms with Crippen molar-refractivity contribution >= 4 is 17.7 Å². The number of aryl methyl sites for hydroxylation is 1. The number of hydrogen-bond donors (Lipinski definition) is 1. The van der Waals surface area contributed by atoms with Gasteiger partial charge >= 0.3 is 0 Å². The summed E-state index contributed by atoms with van der Waals surface area (Å²) >= 11 is 0. The number of benzene rings is 1. The predicted molar refractivity (Wildman–Crippen MR) is 85.2 cm³/mol. The molecule has 0 bridgehead atoms. The molecule has 0 saturated heterocycles. The van der Waals surface area contributed by atoms with E-state index in [1.807, 2.05) is 6.07 Å². The molecule has 1 heterocycles. The van der Waals surface area contributed by atoms with E-state index >= 15 is 0 Å². The van der Waals surface area contributed by atoms with E-state index in [4.69, 9.17) is 13.9 Å². The lowest BCUT2D eigenvalue weighted by Crippen LogP contribution is -2.14. The molecule has 1 aromatic heterocycles. The SMILES string of the molecule is COc1ccc(OC)c(NC(=O)C(C#N)=Cc2ccc(C)o2)c1. The highest BCUT2D eigenvalue weighted by Gasteiger charge is 2.14. The summed E-state index contributed by atoms with van der Waals surface area (Å²) in [4.78, 5) is 12.3. The Kier molecular flexibility index (Phi) is 5.05. The smallest absolute Gasteiger partial charge is 0.266 e. The van der Waals surface area contributed by atoms with E-state index < -0.39 is 5.91 Å². The van der Waals surface area contributed by atoms with Crippen LogP contribution in [0.5, 0.6) is 11.5 Å². The van der Waals surface area contributed by atoms with Crippen molar-refractivity contribution < 1.29 is 18.7 Å². The van der Waals surface area contributed by atoms with E-state index in [1.54, 1.807) is 37.3 Å². The number of carbonyl (C=O) groups is 1. The number of nitrogens with one attached hydrogen (secondary N) is 1. The van der Waals surface area contributed by atoms with Crippen molar-refractivity contribution in [1.29, 1.82) is 5.26 Å². The number of amides is 1. The van der Waals surface area contributed by atoms with Crippen LogP contribution in [0.25, 0.3) is 6.08 Å². The summed E-state index contributed by atoms with van der Waals surface area (Å²) in [6, 6.07) is 10.3. The third-order valence-electron chi connectivity index (χ3n) is 3.07. The summed E-state index contributed by atoms with van der Waals surface area (Å²) in [5.41, 5.74) is 0.331. The second-order valence-electron chi connectivity index (χ2n) is 4.64. The van der Waals surface area contributed by atoms with Crippen molar-refractivity contribution in [2.45, 2.75) is 6.92 Å². The zero-order valence-electron chi connectivity index (χ0n) is 13.0. The number of furan rings is 1. The highest BCUT2D eigenvalue weighted by Crippen LogP contribution is 2.29. The van der Waals surface area contributed by atoms with Crippen LogP contribution >= 0.6 is 0 Å². The minimum Gasteiger partial charge on any atom is -0.497 e. The average Bonchev–Trinajstić information content (AvgIpc) is 2.97. The first-order valence-corrected chi connectivity index (χ1v) is 6.79. The third kappa shape index (κ3) is 3.92. The maximum atomic E-state index is 12.3. The fourth-order valence-electron chi connectivity index (χ4n) is 1.92. The van der Waals surface area contributed by atoms with Crippen LogP contribution in [0.3, 0.4) is 0 Å². The second-order valence-corrected chi connectivity index (χ2v) is 4.64. The maximum absolute atomic E-state index is 12.3. The topological polar surface area (TPSA) is 84.5 Å². The molecule has 23 heavy (non-hydrogen) atoms. The van der Waals surface area contributed by atoms with Crippen LogP contribution in [-0.2, 0) is 4.79 Å². The van der Waals surface area contributed by atoms with Gasteiger partial charge in [-0.2, -0.15) is 5.26 Å².